The number of carbonyl (C=O) groups is 3. The van der Waals surface area contributed by atoms with Gasteiger partial charge in [0.1, 0.15) is 11.8 Å². The first-order valence-corrected chi connectivity index (χ1v) is 14.8. The fourth-order valence-electron chi connectivity index (χ4n) is 5.61. The van der Waals surface area contributed by atoms with E-state index in [-0.39, 0.29) is 29.1 Å². The molecule has 0 N–H and O–H groups in total. The van der Waals surface area contributed by atoms with Crippen molar-refractivity contribution in [2.45, 2.75) is 48.9 Å². The zero-order chi connectivity index (χ0) is 26.6. The minimum absolute atomic E-state index is 0.0633. The van der Waals surface area contributed by atoms with E-state index in [0.717, 1.165) is 46.6 Å². The van der Waals surface area contributed by atoms with E-state index < -0.39 is 17.1 Å². The van der Waals surface area contributed by atoms with Gasteiger partial charge in [-0.15, -0.1) is 0 Å². The smallest absolute Gasteiger partial charge is 0.308 e. The normalized spacial score (nSPS) is 22.9. The van der Waals surface area contributed by atoms with Crippen molar-refractivity contribution in [3.05, 3.63) is 79.2 Å². The zero-order valence-electron chi connectivity index (χ0n) is 20.8. The first kappa shape index (κ1) is 25.4. The molecule has 38 heavy (non-hydrogen) atoms. The highest BCUT2D eigenvalue weighted by Crippen LogP contribution is 2.54. The first-order chi connectivity index (χ1) is 18.3. The fraction of sp³-hybridized carbons (Fsp3) is 0.357. The number of likely N-dealkylation sites (tertiary alicyclic amines) is 1. The van der Waals surface area contributed by atoms with E-state index >= 15 is 0 Å². The van der Waals surface area contributed by atoms with E-state index in [2.05, 4.69) is 0 Å². The number of imide groups is 1. The molecule has 7 nitrogen and oxygen atoms in total. The van der Waals surface area contributed by atoms with Crippen LogP contribution in [-0.4, -0.2) is 45.5 Å². The Balaban J connectivity index is 1.43. The molecule has 2 fully saturated rings. The highest BCUT2D eigenvalue weighted by atomic mass is 35.5. The lowest BCUT2D eigenvalue weighted by molar-refractivity contribution is -0.133. The van der Waals surface area contributed by atoms with Gasteiger partial charge in [-0.1, -0.05) is 64.5 Å². The average molecular weight is 568 g/mol. The van der Waals surface area contributed by atoms with E-state index in [9.17, 15) is 19.2 Å². The molecule has 0 radical (unpaired) electrons. The highest BCUT2D eigenvalue weighted by molar-refractivity contribution is 8.00. The Morgan fingerprint density at radius 3 is 2.32 bits per heavy atom. The number of benzene rings is 2. The Kier molecular flexibility index (Phi) is 6.70. The standard InChI is InChI=1S/C28H26ClN3O4S2/c1-16-5-11-19(12-6-16)32-25(34)22-21(17-7-9-18(29)10-8-17)24-27(37-23(22)26(32)35)31(28(36)38-24)15-20(33)30-13-3-2-4-14-30/h5-12,21-23H,2-4,13-15H2,1H3. The van der Waals surface area contributed by atoms with Gasteiger partial charge in [-0.05, 0) is 56.0 Å². The van der Waals surface area contributed by atoms with Gasteiger partial charge in [0.05, 0.1) is 16.6 Å². The molecule has 2 saturated heterocycles. The van der Waals surface area contributed by atoms with Crippen LogP contribution in [0.4, 0.5) is 5.69 Å². The van der Waals surface area contributed by atoms with Crippen LogP contribution in [0.5, 0.6) is 0 Å². The van der Waals surface area contributed by atoms with Gasteiger partial charge in [0.2, 0.25) is 17.7 Å². The van der Waals surface area contributed by atoms with Gasteiger partial charge in [0.15, 0.2) is 0 Å². The first-order valence-electron chi connectivity index (χ1n) is 12.7. The van der Waals surface area contributed by atoms with E-state index in [0.29, 0.717) is 28.8 Å². The number of rotatable bonds is 4. The maximum Gasteiger partial charge on any atom is 0.308 e. The molecule has 3 aliphatic heterocycles. The van der Waals surface area contributed by atoms with Crippen molar-refractivity contribution in [2.24, 2.45) is 5.92 Å². The molecule has 10 heteroatoms. The molecule has 1 aromatic heterocycles. The van der Waals surface area contributed by atoms with Gasteiger partial charge in [0, 0.05) is 28.9 Å². The van der Waals surface area contributed by atoms with Crippen molar-refractivity contribution < 1.29 is 14.4 Å². The van der Waals surface area contributed by atoms with E-state index in [1.807, 2.05) is 36.1 Å². The molecule has 0 aliphatic carbocycles. The molecule has 3 aliphatic rings. The lowest BCUT2D eigenvalue weighted by Gasteiger charge is -2.31. The highest BCUT2D eigenvalue weighted by Gasteiger charge is 2.56. The maximum absolute atomic E-state index is 13.9. The second kappa shape index (κ2) is 10.0. The predicted octanol–water partition coefficient (Wildman–Crippen LogP) is 4.68. The minimum Gasteiger partial charge on any atom is -0.341 e. The summed E-state index contributed by atoms with van der Waals surface area (Å²) in [6.45, 7) is 3.28. The average Bonchev–Trinajstić information content (AvgIpc) is 3.36. The largest absolute Gasteiger partial charge is 0.341 e. The number of nitrogens with zero attached hydrogens (tertiary/aromatic N) is 3. The third-order valence-corrected chi connectivity index (χ3v) is 10.4. The third-order valence-electron chi connectivity index (χ3n) is 7.57. The molecule has 2 aromatic carbocycles. The summed E-state index contributed by atoms with van der Waals surface area (Å²) in [6, 6.07) is 14.5. The summed E-state index contributed by atoms with van der Waals surface area (Å²) in [5, 5.41) is 0.462. The van der Waals surface area contributed by atoms with Crippen LogP contribution in [0.25, 0.3) is 0 Å². The number of piperidine rings is 1. The Hall–Kier alpha value is -2.88. The van der Waals surface area contributed by atoms with Crippen LogP contribution in [0.2, 0.25) is 5.02 Å². The number of aryl methyl sites for hydroxylation is 1. The van der Waals surface area contributed by atoms with E-state index in [4.69, 9.17) is 11.6 Å². The number of thiazole rings is 1. The summed E-state index contributed by atoms with van der Waals surface area (Å²) in [5.74, 6) is -1.84. The molecule has 0 bridgehead atoms. The summed E-state index contributed by atoms with van der Waals surface area (Å²) in [4.78, 5) is 57.6. The fourth-order valence-corrected chi connectivity index (χ4v) is 8.51. The Labute approximate surface area is 233 Å². The number of thioether (sulfide) groups is 1. The second-order valence-electron chi connectivity index (χ2n) is 10.0. The summed E-state index contributed by atoms with van der Waals surface area (Å²) in [7, 11) is 0. The molecule has 6 rings (SSSR count). The molecule has 3 amide bonds. The number of aromatic nitrogens is 1. The number of anilines is 1. The van der Waals surface area contributed by atoms with Crippen LogP contribution in [0.15, 0.2) is 58.4 Å². The number of halogens is 1. The van der Waals surface area contributed by atoms with Crippen LogP contribution in [0.1, 0.15) is 41.2 Å². The Morgan fingerprint density at radius 2 is 1.63 bits per heavy atom. The van der Waals surface area contributed by atoms with E-state index in [1.54, 1.807) is 24.3 Å². The van der Waals surface area contributed by atoms with Crippen LogP contribution in [0.3, 0.4) is 0 Å². The van der Waals surface area contributed by atoms with E-state index in [1.165, 1.54) is 21.2 Å². The Morgan fingerprint density at radius 1 is 0.947 bits per heavy atom. The van der Waals surface area contributed by atoms with Gasteiger partial charge in [-0.3, -0.25) is 23.7 Å². The maximum atomic E-state index is 13.9. The molecule has 0 spiro atoms. The molecule has 3 unspecified atom stereocenters. The second-order valence-corrected chi connectivity index (χ2v) is 12.6. The van der Waals surface area contributed by atoms with Crippen LogP contribution in [-0.2, 0) is 20.9 Å². The van der Waals surface area contributed by atoms with Gasteiger partial charge in [-0.2, -0.15) is 0 Å². The summed E-state index contributed by atoms with van der Waals surface area (Å²) in [5.41, 5.74) is 2.38. The number of hydrogen-bond donors (Lipinski definition) is 0. The molecule has 4 heterocycles. The number of hydrogen-bond acceptors (Lipinski definition) is 6. The van der Waals surface area contributed by atoms with Crippen molar-refractivity contribution >= 4 is 58.1 Å². The minimum atomic E-state index is -0.706. The summed E-state index contributed by atoms with van der Waals surface area (Å²) in [6.07, 6.45) is 3.03. The van der Waals surface area contributed by atoms with Crippen molar-refractivity contribution in [2.75, 3.05) is 18.0 Å². The van der Waals surface area contributed by atoms with Gasteiger partial charge < -0.3 is 4.90 Å². The summed E-state index contributed by atoms with van der Waals surface area (Å²) >= 11 is 8.47. The summed E-state index contributed by atoms with van der Waals surface area (Å²) < 4.78 is 1.51. The van der Waals surface area contributed by atoms with Crippen molar-refractivity contribution in [1.82, 2.24) is 9.47 Å². The van der Waals surface area contributed by atoms with Crippen LogP contribution >= 0.6 is 34.7 Å². The van der Waals surface area contributed by atoms with Crippen molar-refractivity contribution in [3.8, 4) is 0 Å². The molecular formula is C28H26ClN3O4S2. The molecule has 3 atom stereocenters. The lowest BCUT2D eigenvalue weighted by atomic mass is 9.83. The van der Waals surface area contributed by atoms with Gasteiger partial charge in [-0.25, -0.2) is 4.90 Å². The monoisotopic (exact) mass is 567 g/mol. The quantitative estimate of drug-likeness (QED) is 0.428. The van der Waals surface area contributed by atoms with Crippen molar-refractivity contribution in [3.63, 3.8) is 0 Å². The lowest BCUT2D eigenvalue weighted by Crippen LogP contribution is -2.39. The molecule has 3 aromatic rings. The molecular weight excluding hydrogens is 542 g/mol. The number of carbonyl (C=O) groups excluding carboxylic acids is 3. The van der Waals surface area contributed by atoms with Gasteiger partial charge >= 0.3 is 4.87 Å². The third kappa shape index (κ3) is 4.30. The number of fused-ring (bicyclic) bond motifs is 2. The molecule has 0 saturated carbocycles. The van der Waals surface area contributed by atoms with Crippen LogP contribution < -0.4 is 9.77 Å². The van der Waals surface area contributed by atoms with Crippen LogP contribution in [0, 0.1) is 12.8 Å². The zero-order valence-corrected chi connectivity index (χ0v) is 23.2. The Bertz CT molecular complexity index is 1480. The number of amides is 3. The SMILES string of the molecule is Cc1ccc(N2C(=O)C3Sc4c(sc(=O)n4CC(=O)N4CCCCC4)C(c4ccc(Cl)cc4)C3C2=O)cc1. The topological polar surface area (TPSA) is 79.7 Å². The van der Waals surface area contributed by atoms with Crippen molar-refractivity contribution in [1.29, 1.82) is 0 Å². The predicted molar refractivity (Wildman–Crippen MR) is 149 cm³/mol. The van der Waals surface area contributed by atoms with Gasteiger partial charge in [0.25, 0.3) is 0 Å². The molecule has 196 valence electrons.